The third kappa shape index (κ3) is 2.76. The van der Waals surface area contributed by atoms with E-state index in [9.17, 15) is 0 Å². The largest absolute Gasteiger partial charge is 0.252 e. The number of hydrogen-bond acceptors (Lipinski definition) is 2. The smallest absolute Gasteiger partial charge is 0.100 e. The first kappa shape index (κ1) is 11.9. The van der Waals surface area contributed by atoms with E-state index in [4.69, 9.17) is 5.26 Å². The Labute approximate surface area is 75.9 Å². The lowest BCUT2D eigenvalue weighted by Gasteiger charge is -2.34. The third-order valence-electron chi connectivity index (χ3n) is 2.96. The van der Waals surface area contributed by atoms with Crippen molar-refractivity contribution in [2.45, 2.75) is 53.6 Å². The summed E-state index contributed by atoms with van der Waals surface area (Å²) >= 11 is 0. The first-order valence-electron chi connectivity index (χ1n) is 4.79. The van der Waals surface area contributed by atoms with Crippen LogP contribution in [-0.4, -0.2) is 11.4 Å². The molecule has 0 spiro atoms. The van der Waals surface area contributed by atoms with Crippen LogP contribution >= 0.6 is 0 Å². The molecular formula is C10H22O2. The van der Waals surface area contributed by atoms with Gasteiger partial charge in [0.25, 0.3) is 0 Å². The quantitative estimate of drug-likeness (QED) is 0.511. The van der Waals surface area contributed by atoms with Crippen molar-refractivity contribution in [1.82, 2.24) is 0 Å². The van der Waals surface area contributed by atoms with Crippen LogP contribution in [0, 0.1) is 11.3 Å². The number of hydrogen-bond donors (Lipinski definition) is 1. The van der Waals surface area contributed by atoms with Crippen molar-refractivity contribution in [3.05, 3.63) is 0 Å². The minimum atomic E-state index is -0.0486. The van der Waals surface area contributed by atoms with Crippen LogP contribution in [0.4, 0.5) is 0 Å². The molecule has 0 aromatic carbocycles. The lowest BCUT2D eigenvalue weighted by Crippen LogP contribution is -2.36. The van der Waals surface area contributed by atoms with E-state index in [0.29, 0.717) is 5.92 Å². The van der Waals surface area contributed by atoms with E-state index in [1.165, 1.54) is 0 Å². The normalized spacial score (nSPS) is 17.5. The fourth-order valence-electron chi connectivity index (χ4n) is 1.43. The zero-order valence-electron chi connectivity index (χ0n) is 8.92. The summed E-state index contributed by atoms with van der Waals surface area (Å²) in [5.74, 6) is 0.407. The molecule has 0 saturated heterocycles. The Kier molecular flexibility index (Phi) is 4.80. The molecule has 2 nitrogen and oxygen atoms in total. The van der Waals surface area contributed by atoms with Crippen LogP contribution in [0.3, 0.4) is 0 Å². The zero-order chi connectivity index (χ0) is 9.78. The SMILES string of the molecule is CCC(C)C(OO)C(C)(C)CC. The molecule has 0 rings (SSSR count). The van der Waals surface area contributed by atoms with Crippen molar-refractivity contribution in [3.63, 3.8) is 0 Å². The van der Waals surface area contributed by atoms with Crippen molar-refractivity contribution < 1.29 is 10.1 Å². The molecule has 0 heterocycles. The van der Waals surface area contributed by atoms with Crippen LogP contribution in [-0.2, 0) is 4.89 Å². The molecule has 2 heteroatoms. The maximum Gasteiger partial charge on any atom is 0.100 e. The second kappa shape index (κ2) is 4.83. The van der Waals surface area contributed by atoms with Gasteiger partial charge in [-0.05, 0) is 17.8 Å². The lowest BCUT2D eigenvalue weighted by molar-refractivity contribution is -0.313. The van der Waals surface area contributed by atoms with E-state index in [1.807, 2.05) is 0 Å². The predicted molar refractivity (Wildman–Crippen MR) is 51.0 cm³/mol. The highest BCUT2D eigenvalue weighted by Gasteiger charge is 2.32. The first-order valence-corrected chi connectivity index (χ1v) is 4.79. The summed E-state index contributed by atoms with van der Waals surface area (Å²) in [5.41, 5.74) is 0.0597. The standard InChI is InChI=1S/C10H22O2/c1-6-8(3)9(12-11)10(4,5)7-2/h8-9,11H,6-7H2,1-5H3. The van der Waals surface area contributed by atoms with E-state index in [2.05, 4.69) is 39.5 Å². The van der Waals surface area contributed by atoms with Crippen LogP contribution in [0.15, 0.2) is 0 Å². The van der Waals surface area contributed by atoms with Crippen molar-refractivity contribution in [3.8, 4) is 0 Å². The van der Waals surface area contributed by atoms with Gasteiger partial charge in [0, 0.05) is 0 Å². The van der Waals surface area contributed by atoms with E-state index in [0.717, 1.165) is 12.8 Å². The molecule has 74 valence electrons. The zero-order valence-corrected chi connectivity index (χ0v) is 8.92. The molecule has 0 fully saturated rings. The lowest BCUT2D eigenvalue weighted by atomic mass is 9.77. The van der Waals surface area contributed by atoms with E-state index >= 15 is 0 Å². The fourth-order valence-corrected chi connectivity index (χ4v) is 1.43. The molecule has 0 aliphatic carbocycles. The molecule has 0 aliphatic heterocycles. The molecule has 2 unspecified atom stereocenters. The Balaban J connectivity index is 4.32. The van der Waals surface area contributed by atoms with Crippen molar-refractivity contribution >= 4 is 0 Å². The maximum absolute atomic E-state index is 8.79. The van der Waals surface area contributed by atoms with Gasteiger partial charge in [0.1, 0.15) is 6.10 Å². The van der Waals surface area contributed by atoms with Crippen LogP contribution in [0.25, 0.3) is 0 Å². The van der Waals surface area contributed by atoms with Gasteiger partial charge in [-0.15, -0.1) is 0 Å². The van der Waals surface area contributed by atoms with Gasteiger partial charge in [-0.2, -0.15) is 0 Å². The average molecular weight is 174 g/mol. The van der Waals surface area contributed by atoms with Crippen LogP contribution < -0.4 is 0 Å². The van der Waals surface area contributed by atoms with Gasteiger partial charge in [-0.3, -0.25) is 5.26 Å². The van der Waals surface area contributed by atoms with Gasteiger partial charge in [0.2, 0.25) is 0 Å². The monoisotopic (exact) mass is 174 g/mol. The Morgan fingerprint density at radius 2 is 1.83 bits per heavy atom. The Hall–Kier alpha value is -0.0800. The second-order valence-corrected chi connectivity index (χ2v) is 4.25. The van der Waals surface area contributed by atoms with E-state index in [1.54, 1.807) is 0 Å². The molecule has 0 aliphatic rings. The molecule has 0 aromatic heterocycles. The van der Waals surface area contributed by atoms with Crippen molar-refractivity contribution in [1.29, 1.82) is 0 Å². The molecular weight excluding hydrogens is 152 g/mol. The molecule has 0 radical (unpaired) electrons. The highest BCUT2D eigenvalue weighted by molar-refractivity contribution is 4.80. The molecule has 0 amide bonds. The average Bonchev–Trinajstić information content (AvgIpc) is 2.05. The summed E-state index contributed by atoms with van der Waals surface area (Å²) < 4.78 is 0. The third-order valence-corrected chi connectivity index (χ3v) is 2.96. The minimum absolute atomic E-state index is 0.0486. The second-order valence-electron chi connectivity index (χ2n) is 4.25. The maximum atomic E-state index is 8.79. The van der Waals surface area contributed by atoms with Gasteiger partial charge >= 0.3 is 0 Å². The summed E-state index contributed by atoms with van der Waals surface area (Å²) in [5, 5.41) is 8.79. The fraction of sp³-hybridized carbons (Fsp3) is 1.00. The summed E-state index contributed by atoms with van der Waals surface area (Å²) in [6.45, 7) is 10.6. The van der Waals surface area contributed by atoms with Crippen molar-refractivity contribution in [2.75, 3.05) is 0 Å². The molecule has 0 bridgehead atoms. The van der Waals surface area contributed by atoms with Crippen LogP contribution in [0.5, 0.6) is 0 Å². The van der Waals surface area contributed by atoms with Crippen LogP contribution in [0.2, 0.25) is 0 Å². The minimum Gasteiger partial charge on any atom is -0.252 e. The topological polar surface area (TPSA) is 29.5 Å². The molecule has 0 aromatic rings. The summed E-state index contributed by atoms with van der Waals surface area (Å²) in [7, 11) is 0. The predicted octanol–water partition coefficient (Wildman–Crippen LogP) is 3.33. The Morgan fingerprint density at radius 3 is 2.08 bits per heavy atom. The van der Waals surface area contributed by atoms with Gasteiger partial charge in [0.15, 0.2) is 0 Å². The van der Waals surface area contributed by atoms with E-state index in [-0.39, 0.29) is 11.5 Å². The molecule has 2 atom stereocenters. The van der Waals surface area contributed by atoms with Gasteiger partial charge in [0.05, 0.1) is 0 Å². The summed E-state index contributed by atoms with van der Waals surface area (Å²) in [6.07, 6.45) is 2.00. The summed E-state index contributed by atoms with van der Waals surface area (Å²) in [6, 6.07) is 0. The van der Waals surface area contributed by atoms with Gasteiger partial charge in [-0.25, -0.2) is 4.89 Å². The van der Waals surface area contributed by atoms with Gasteiger partial charge < -0.3 is 0 Å². The van der Waals surface area contributed by atoms with Crippen molar-refractivity contribution in [2.24, 2.45) is 11.3 Å². The molecule has 1 N–H and O–H groups in total. The Morgan fingerprint density at radius 1 is 1.33 bits per heavy atom. The molecule has 12 heavy (non-hydrogen) atoms. The number of rotatable bonds is 5. The van der Waals surface area contributed by atoms with Gasteiger partial charge in [-0.1, -0.05) is 41.0 Å². The van der Waals surface area contributed by atoms with E-state index < -0.39 is 0 Å². The Bertz CT molecular complexity index is 121. The molecule has 0 saturated carbocycles. The highest BCUT2D eigenvalue weighted by Crippen LogP contribution is 2.32. The van der Waals surface area contributed by atoms with Crippen LogP contribution in [0.1, 0.15) is 47.5 Å². The highest BCUT2D eigenvalue weighted by atomic mass is 17.1. The summed E-state index contributed by atoms with van der Waals surface area (Å²) in [4.78, 5) is 4.56. The first-order chi connectivity index (χ1) is 5.49.